The van der Waals surface area contributed by atoms with Crippen LogP contribution in [-0.2, 0) is 0 Å². The number of H-pyrrole nitrogens is 1. The molecule has 3 rings (SSSR count). The topological polar surface area (TPSA) is 88.6 Å². The van der Waals surface area contributed by atoms with E-state index in [0.29, 0.717) is 22.9 Å². The highest BCUT2D eigenvalue weighted by Gasteiger charge is 2.16. The Morgan fingerprint density at radius 1 is 1.07 bits per heavy atom. The summed E-state index contributed by atoms with van der Waals surface area (Å²) < 4.78 is 10.5. The van der Waals surface area contributed by atoms with Crippen LogP contribution in [0.25, 0.3) is 11.3 Å². The van der Waals surface area contributed by atoms with Crippen molar-refractivity contribution in [1.29, 1.82) is 0 Å². The molecule has 0 radical (unpaired) electrons. The minimum atomic E-state index is -0.355. The van der Waals surface area contributed by atoms with Crippen molar-refractivity contribution >= 4 is 11.6 Å². The minimum Gasteiger partial charge on any atom is -0.493 e. The lowest BCUT2D eigenvalue weighted by molar-refractivity contribution is 0.0949. The quantitative estimate of drug-likeness (QED) is 0.507. The van der Waals surface area contributed by atoms with Gasteiger partial charge in [-0.05, 0) is 32.0 Å². The predicted molar refractivity (Wildman–Crippen MR) is 108 cm³/mol. The molecular formula is C21H22N4O3. The first kappa shape index (κ1) is 19.2. The largest absolute Gasteiger partial charge is 0.493 e. The van der Waals surface area contributed by atoms with E-state index in [1.165, 1.54) is 0 Å². The zero-order valence-electron chi connectivity index (χ0n) is 16.2. The van der Waals surface area contributed by atoms with E-state index in [-0.39, 0.29) is 5.91 Å². The van der Waals surface area contributed by atoms with Crippen molar-refractivity contribution in [2.75, 3.05) is 14.2 Å². The Labute approximate surface area is 163 Å². The van der Waals surface area contributed by atoms with Gasteiger partial charge >= 0.3 is 0 Å². The summed E-state index contributed by atoms with van der Waals surface area (Å²) in [6, 6.07) is 15.1. The molecule has 0 saturated carbocycles. The van der Waals surface area contributed by atoms with Crippen molar-refractivity contribution in [1.82, 2.24) is 15.6 Å². The number of hydrogen-bond donors (Lipinski definition) is 2. The van der Waals surface area contributed by atoms with E-state index in [1.807, 2.05) is 43.3 Å². The molecule has 7 nitrogen and oxygen atoms in total. The van der Waals surface area contributed by atoms with Gasteiger partial charge in [-0.25, -0.2) is 5.43 Å². The molecule has 0 saturated heterocycles. The van der Waals surface area contributed by atoms with Crippen molar-refractivity contribution in [3.05, 3.63) is 65.4 Å². The number of aromatic nitrogens is 2. The van der Waals surface area contributed by atoms with Crippen molar-refractivity contribution in [3.63, 3.8) is 0 Å². The number of aromatic amines is 1. The van der Waals surface area contributed by atoms with Crippen molar-refractivity contribution in [3.8, 4) is 22.8 Å². The number of carbonyl (C=O) groups is 1. The molecule has 0 aliphatic rings. The van der Waals surface area contributed by atoms with Crippen LogP contribution >= 0.6 is 0 Å². The van der Waals surface area contributed by atoms with Gasteiger partial charge in [-0.1, -0.05) is 30.3 Å². The second-order valence-corrected chi connectivity index (χ2v) is 6.15. The molecule has 0 aliphatic heterocycles. The molecule has 7 heteroatoms. The summed E-state index contributed by atoms with van der Waals surface area (Å²) in [5.74, 6) is 0.870. The molecule has 3 aromatic rings. The van der Waals surface area contributed by atoms with Gasteiger partial charge in [0.15, 0.2) is 11.5 Å². The number of ether oxygens (including phenoxy) is 2. The Morgan fingerprint density at radius 2 is 1.79 bits per heavy atom. The monoisotopic (exact) mass is 378 g/mol. The Morgan fingerprint density at radius 3 is 2.46 bits per heavy atom. The molecule has 1 amide bonds. The van der Waals surface area contributed by atoms with E-state index < -0.39 is 0 Å². The number of hydrazone groups is 1. The first-order valence-electron chi connectivity index (χ1n) is 8.72. The van der Waals surface area contributed by atoms with Crippen LogP contribution in [0.1, 0.15) is 28.5 Å². The molecule has 1 aromatic heterocycles. The molecule has 1 heterocycles. The lowest BCUT2D eigenvalue weighted by Crippen LogP contribution is -2.20. The zero-order valence-corrected chi connectivity index (χ0v) is 16.2. The summed E-state index contributed by atoms with van der Waals surface area (Å²) in [4.78, 5) is 12.5. The van der Waals surface area contributed by atoms with E-state index in [9.17, 15) is 4.79 Å². The molecule has 0 bridgehead atoms. The Hall–Kier alpha value is -3.61. The van der Waals surface area contributed by atoms with Crippen LogP contribution in [0, 0.1) is 6.92 Å². The number of benzene rings is 2. The van der Waals surface area contributed by atoms with Crippen molar-refractivity contribution in [2.24, 2.45) is 5.10 Å². The first-order chi connectivity index (χ1) is 13.5. The molecular weight excluding hydrogens is 356 g/mol. The Kier molecular flexibility index (Phi) is 5.74. The molecule has 0 atom stereocenters. The van der Waals surface area contributed by atoms with Gasteiger partial charge in [-0.3, -0.25) is 9.89 Å². The van der Waals surface area contributed by atoms with E-state index in [0.717, 1.165) is 22.4 Å². The number of methoxy groups -OCH3 is 2. The van der Waals surface area contributed by atoms with Gasteiger partial charge in [0.05, 0.1) is 25.6 Å². The minimum absolute atomic E-state index is 0.355. The smallest absolute Gasteiger partial charge is 0.289 e. The van der Waals surface area contributed by atoms with Crippen molar-refractivity contribution in [2.45, 2.75) is 13.8 Å². The van der Waals surface area contributed by atoms with Gasteiger partial charge in [0.25, 0.3) is 5.91 Å². The maximum absolute atomic E-state index is 12.5. The molecule has 0 spiro atoms. The third kappa shape index (κ3) is 3.88. The molecule has 28 heavy (non-hydrogen) atoms. The Bertz CT molecular complexity index is 1010. The highest BCUT2D eigenvalue weighted by Crippen LogP contribution is 2.27. The van der Waals surface area contributed by atoms with Crippen LogP contribution in [0.3, 0.4) is 0 Å². The van der Waals surface area contributed by atoms with E-state index in [4.69, 9.17) is 9.47 Å². The van der Waals surface area contributed by atoms with Crippen LogP contribution in [0.2, 0.25) is 0 Å². The van der Waals surface area contributed by atoms with E-state index in [1.54, 1.807) is 33.3 Å². The second-order valence-electron chi connectivity index (χ2n) is 6.15. The fraction of sp³-hybridized carbons (Fsp3) is 0.190. The maximum atomic E-state index is 12.5. The van der Waals surface area contributed by atoms with Crippen LogP contribution in [0.15, 0.2) is 53.6 Å². The average Bonchev–Trinajstić information content (AvgIpc) is 3.13. The normalized spacial score (nSPS) is 11.2. The molecule has 2 aromatic carbocycles. The highest BCUT2D eigenvalue weighted by atomic mass is 16.5. The van der Waals surface area contributed by atoms with Gasteiger partial charge in [0.1, 0.15) is 5.69 Å². The fourth-order valence-corrected chi connectivity index (χ4v) is 2.81. The second kappa shape index (κ2) is 8.39. The van der Waals surface area contributed by atoms with Gasteiger partial charge in [0.2, 0.25) is 0 Å². The first-order valence-corrected chi connectivity index (χ1v) is 8.72. The lowest BCUT2D eigenvalue weighted by Gasteiger charge is -2.09. The number of nitrogens with zero attached hydrogens (tertiary/aromatic N) is 2. The maximum Gasteiger partial charge on any atom is 0.289 e. The summed E-state index contributed by atoms with van der Waals surface area (Å²) in [5.41, 5.74) is 6.85. The van der Waals surface area contributed by atoms with Gasteiger partial charge in [-0.2, -0.15) is 10.2 Å². The third-order valence-electron chi connectivity index (χ3n) is 4.41. The molecule has 0 fully saturated rings. The fourth-order valence-electron chi connectivity index (χ4n) is 2.81. The van der Waals surface area contributed by atoms with Crippen LogP contribution in [-0.4, -0.2) is 36.0 Å². The summed E-state index contributed by atoms with van der Waals surface area (Å²) in [6.07, 6.45) is 0. The van der Waals surface area contributed by atoms with Crippen LogP contribution in [0.5, 0.6) is 11.5 Å². The number of hydrogen-bond acceptors (Lipinski definition) is 5. The molecule has 2 N–H and O–H groups in total. The average molecular weight is 378 g/mol. The third-order valence-corrected chi connectivity index (χ3v) is 4.41. The van der Waals surface area contributed by atoms with Crippen LogP contribution < -0.4 is 14.9 Å². The number of carbonyl (C=O) groups excluding carboxylic acids is 1. The lowest BCUT2D eigenvalue weighted by atomic mass is 10.1. The van der Waals surface area contributed by atoms with E-state index >= 15 is 0 Å². The highest BCUT2D eigenvalue weighted by molar-refractivity contribution is 6.01. The van der Waals surface area contributed by atoms with Crippen LogP contribution in [0.4, 0.5) is 0 Å². The molecule has 0 unspecified atom stereocenters. The SMILES string of the molecule is COc1ccc(C(C)=NNC(=O)c2[nH]nc(-c3ccccc3)c2C)cc1OC. The summed E-state index contributed by atoms with van der Waals surface area (Å²) in [5, 5.41) is 11.3. The predicted octanol–water partition coefficient (Wildman–Crippen LogP) is 3.56. The number of amides is 1. The van der Waals surface area contributed by atoms with E-state index in [2.05, 4.69) is 20.7 Å². The zero-order chi connectivity index (χ0) is 20.1. The van der Waals surface area contributed by atoms with Gasteiger partial charge in [-0.15, -0.1) is 0 Å². The standard InChI is InChI=1S/C21H22N4O3/c1-13-19(15-8-6-5-7-9-15)23-24-20(13)21(26)25-22-14(2)16-10-11-17(27-3)18(12-16)28-4/h5-12H,1-4H3,(H,23,24)(H,25,26). The number of rotatable bonds is 6. The van der Waals surface area contributed by atoms with Gasteiger partial charge < -0.3 is 9.47 Å². The molecule has 144 valence electrons. The summed E-state index contributed by atoms with van der Waals surface area (Å²) in [7, 11) is 3.15. The van der Waals surface area contributed by atoms with Crippen molar-refractivity contribution < 1.29 is 14.3 Å². The number of nitrogens with one attached hydrogen (secondary N) is 2. The van der Waals surface area contributed by atoms with Gasteiger partial charge in [0, 0.05) is 16.7 Å². The summed E-state index contributed by atoms with van der Waals surface area (Å²) in [6.45, 7) is 3.66. The Balaban J connectivity index is 1.77. The summed E-state index contributed by atoms with van der Waals surface area (Å²) >= 11 is 0. The molecule has 0 aliphatic carbocycles.